The first-order valence-corrected chi connectivity index (χ1v) is 9.75. The molecule has 3 aromatic rings. The largest absolute Gasteiger partial charge is 0.493 e. The molecular weight excluding hydrogens is 358 g/mol. The van der Waals surface area contributed by atoms with Gasteiger partial charge in [0.2, 0.25) is 0 Å². The van der Waals surface area contributed by atoms with E-state index in [0.717, 1.165) is 16.0 Å². The summed E-state index contributed by atoms with van der Waals surface area (Å²) in [7, 11) is 1.63. The molecule has 0 aliphatic rings. The summed E-state index contributed by atoms with van der Waals surface area (Å²) in [4.78, 5) is 15.2. The molecule has 0 spiro atoms. The highest BCUT2D eigenvalue weighted by molar-refractivity contribution is 7.12. The summed E-state index contributed by atoms with van der Waals surface area (Å²) in [6, 6.07) is 19.6. The molecule has 3 rings (SSSR count). The van der Waals surface area contributed by atoms with E-state index >= 15 is 0 Å². The van der Waals surface area contributed by atoms with Crippen LogP contribution >= 0.6 is 11.3 Å². The zero-order chi connectivity index (χ0) is 19.1. The van der Waals surface area contributed by atoms with Crippen LogP contribution in [-0.4, -0.2) is 24.5 Å². The van der Waals surface area contributed by atoms with E-state index in [0.29, 0.717) is 31.2 Å². The maximum atomic E-state index is 12.6. The van der Waals surface area contributed by atoms with Crippen LogP contribution in [0, 0.1) is 0 Å². The normalized spacial score (nSPS) is 10.4. The number of hydrogen-bond acceptors (Lipinski definition) is 4. The molecule has 0 fully saturated rings. The molecule has 0 radical (unpaired) electrons. The van der Waals surface area contributed by atoms with Crippen molar-refractivity contribution < 1.29 is 14.3 Å². The number of carbonyl (C=O) groups is 1. The van der Waals surface area contributed by atoms with Gasteiger partial charge < -0.3 is 14.4 Å². The number of carbonyl (C=O) groups excluding carboxylic acids is 1. The molecule has 0 bridgehead atoms. The van der Waals surface area contributed by atoms with Crippen molar-refractivity contribution in [3.8, 4) is 11.5 Å². The summed E-state index contributed by atoms with van der Waals surface area (Å²) in [5.74, 6) is 1.41. The van der Waals surface area contributed by atoms with E-state index in [2.05, 4.69) is 0 Å². The van der Waals surface area contributed by atoms with Crippen LogP contribution in [0.4, 0.5) is 0 Å². The van der Waals surface area contributed by atoms with Crippen LogP contribution in [0.2, 0.25) is 0 Å². The van der Waals surface area contributed by atoms with E-state index in [9.17, 15) is 4.79 Å². The number of methoxy groups -OCH3 is 1. The van der Waals surface area contributed by atoms with Crippen molar-refractivity contribution in [2.45, 2.75) is 20.1 Å². The number of thiophene rings is 1. The topological polar surface area (TPSA) is 38.8 Å². The second-order valence-electron chi connectivity index (χ2n) is 6.06. The SMILES string of the molecule is CCN(Cc1ccc(OCc2ccccc2)c(OC)c1)C(=O)c1cccs1. The minimum Gasteiger partial charge on any atom is -0.493 e. The molecule has 0 atom stereocenters. The molecule has 0 N–H and O–H groups in total. The second-order valence-corrected chi connectivity index (χ2v) is 7.00. The fourth-order valence-electron chi connectivity index (χ4n) is 2.77. The van der Waals surface area contributed by atoms with Crippen molar-refractivity contribution in [2.75, 3.05) is 13.7 Å². The van der Waals surface area contributed by atoms with Gasteiger partial charge in [0, 0.05) is 13.1 Å². The zero-order valence-corrected chi connectivity index (χ0v) is 16.4. The molecule has 1 heterocycles. The number of amides is 1. The Hall–Kier alpha value is -2.79. The van der Waals surface area contributed by atoms with Crippen LogP contribution in [0.1, 0.15) is 27.7 Å². The zero-order valence-electron chi connectivity index (χ0n) is 15.6. The molecule has 27 heavy (non-hydrogen) atoms. The van der Waals surface area contributed by atoms with E-state index in [1.54, 1.807) is 7.11 Å². The average molecular weight is 381 g/mol. The Labute approximate surface area is 164 Å². The molecule has 1 aromatic heterocycles. The summed E-state index contributed by atoms with van der Waals surface area (Å²) in [6.45, 7) is 3.64. The van der Waals surface area contributed by atoms with Crippen LogP contribution in [0.3, 0.4) is 0 Å². The highest BCUT2D eigenvalue weighted by atomic mass is 32.1. The monoisotopic (exact) mass is 381 g/mol. The summed E-state index contributed by atoms with van der Waals surface area (Å²) in [6.07, 6.45) is 0. The van der Waals surface area contributed by atoms with E-state index in [4.69, 9.17) is 9.47 Å². The molecule has 140 valence electrons. The van der Waals surface area contributed by atoms with E-state index in [-0.39, 0.29) is 5.91 Å². The summed E-state index contributed by atoms with van der Waals surface area (Å²) in [5.41, 5.74) is 2.10. The number of rotatable bonds is 8. The minimum atomic E-state index is 0.0517. The lowest BCUT2D eigenvalue weighted by Gasteiger charge is -2.21. The Kier molecular flexibility index (Phi) is 6.49. The molecule has 4 nitrogen and oxygen atoms in total. The molecule has 0 saturated carbocycles. The second kappa shape index (κ2) is 9.24. The van der Waals surface area contributed by atoms with Gasteiger partial charge in [-0.05, 0) is 41.6 Å². The lowest BCUT2D eigenvalue weighted by atomic mass is 10.1. The molecule has 0 unspecified atom stereocenters. The van der Waals surface area contributed by atoms with Crippen LogP contribution in [0.15, 0.2) is 66.0 Å². The van der Waals surface area contributed by atoms with Crippen molar-refractivity contribution in [2.24, 2.45) is 0 Å². The van der Waals surface area contributed by atoms with Crippen molar-refractivity contribution in [3.05, 3.63) is 82.0 Å². The molecule has 5 heteroatoms. The molecule has 1 amide bonds. The standard InChI is InChI=1S/C22H23NO3S/c1-3-23(22(24)21-10-7-13-27-21)15-18-11-12-19(20(14-18)25-2)26-16-17-8-5-4-6-9-17/h4-14H,3,15-16H2,1-2H3. The Morgan fingerprint density at radius 2 is 1.81 bits per heavy atom. The van der Waals surface area contributed by atoms with Crippen molar-refractivity contribution in [1.82, 2.24) is 4.90 Å². The maximum absolute atomic E-state index is 12.6. The van der Waals surface area contributed by atoms with Gasteiger partial charge in [-0.25, -0.2) is 0 Å². The highest BCUT2D eigenvalue weighted by Crippen LogP contribution is 2.29. The van der Waals surface area contributed by atoms with E-state index in [1.165, 1.54) is 11.3 Å². The van der Waals surface area contributed by atoms with Gasteiger partial charge in [-0.1, -0.05) is 42.5 Å². The van der Waals surface area contributed by atoms with Gasteiger partial charge in [0.05, 0.1) is 12.0 Å². The number of benzene rings is 2. The van der Waals surface area contributed by atoms with Gasteiger partial charge >= 0.3 is 0 Å². The van der Waals surface area contributed by atoms with Gasteiger partial charge in [0.1, 0.15) is 6.61 Å². The van der Waals surface area contributed by atoms with Crippen LogP contribution in [0.5, 0.6) is 11.5 Å². The van der Waals surface area contributed by atoms with Gasteiger partial charge in [0.25, 0.3) is 5.91 Å². The highest BCUT2D eigenvalue weighted by Gasteiger charge is 2.16. The summed E-state index contributed by atoms with van der Waals surface area (Å²) in [5, 5.41) is 1.92. The van der Waals surface area contributed by atoms with E-state index in [1.807, 2.05) is 77.9 Å². The van der Waals surface area contributed by atoms with Crippen LogP contribution in [-0.2, 0) is 13.2 Å². The van der Waals surface area contributed by atoms with Gasteiger partial charge in [-0.15, -0.1) is 11.3 Å². The third-order valence-corrected chi connectivity index (χ3v) is 5.10. The smallest absolute Gasteiger partial charge is 0.264 e. The molecule has 2 aromatic carbocycles. The quantitative estimate of drug-likeness (QED) is 0.551. The summed E-state index contributed by atoms with van der Waals surface area (Å²) >= 11 is 1.46. The number of nitrogens with zero attached hydrogens (tertiary/aromatic N) is 1. The average Bonchev–Trinajstić information content (AvgIpc) is 3.26. The maximum Gasteiger partial charge on any atom is 0.264 e. The Morgan fingerprint density at radius 1 is 1.00 bits per heavy atom. The van der Waals surface area contributed by atoms with Crippen molar-refractivity contribution in [1.29, 1.82) is 0 Å². The Balaban J connectivity index is 1.70. The van der Waals surface area contributed by atoms with Crippen molar-refractivity contribution in [3.63, 3.8) is 0 Å². The van der Waals surface area contributed by atoms with Crippen LogP contribution < -0.4 is 9.47 Å². The molecule has 0 saturated heterocycles. The van der Waals surface area contributed by atoms with Gasteiger partial charge in [-0.3, -0.25) is 4.79 Å². The first-order chi connectivity index (χ1) is 13.2. The predicted octanol–water partition coefficient (Wildman–Crippen LogP) is 5.00. The van der Waals surface area contributed by atoms with E-state index < -0.39 is 0 Å². The predicted molar refractivity (Wildman–Crippen MR) is 109 cm³/mol. The van der Waals surface area contributed by atoms with Gasteiger partial charge in [-0.2, -0.15) is 0 Å². The van der Waals surface area contributed by atoms with Gasteiger partial charge in [0.15, 0.2) is 11.5 Å². The molecular formula is C22H23NO3S. The third kappa shape index (κ3) is 4.89. The lowest BCUT2D eigenvalue weighted by molar-refractivity contribution is 0.0757. The summed E-state index contributed by atoms with van der Waals surface area (Å²) < 4.78 is 11.4. The van der Waals surface area contributed by atoms with Crippen LogP contribution in [0.25, 0.3) is 0 Å². The molecule has 0 aliphatic carbocycles. The number of ether oxygens (including phenoxy) is 2. The minimum absolute atomic E-state index is 0.0517. The fourth-order valence-corrected chi connectivity index (χ4v) is 3.46. The lowest BCUT2D eigenvalue weighted by Crippen LogP contribution is -2.29. The third-order valence-electron chi connectivity index (χ3n) is 4.24. The molecule has 0 aliphatic heterocycles. The Morgan fingerprint density at radius 3 is 2.48 bits per heavy atom. The fraction of sp³-hybridized carbons (Fsp3) is 0.227. The van der Waals surface area contributed by atoms with Crippen molar-refractivity contribution >= 4 is 17.2 Å². The number of hydrogen-bond donors (Lipinski definition) is 0. The first kappa shape index (κ1) is 19.0. The first-order valence-electron chi connectivity index (χ1n) is 8.87. The Bertz CT molecular complexity index is 863.